The number of hydrogen-bond acceptors (Lipinski definition) is 5. The van der Waals surface area contributed by atoms with E-state index in [4.69, 9.17) is 4.74 Å². The number of allylic oxidation sites excluding steroid dienone is 3. The molecule has 0 unspecified atom stereocenters. The molecule has 3 aromatic rings. The molecule has 178 valence electrons. The first kappa shape index (κ1) is 24.6. The monoisotopic (exact) mass is 465 g/mol. The largest absolute Gasteiger partial charge is 0.437 e. The summed E-state index contributed by atoms with van der Waals surface area (Å²) in [4.78, 5) is 29.8. The van der Waals surface area contributed by atoms with Crippen molar-refractivity contribution in [2.75, 3.05) is 5.32 Å². The van der Waals surface area contributed by atoms with Crippen molar-refractivity contribution in [3.05, 3.63) is 72.0 Å². The molecule has 9 heteroatoms. The van der Waals surface area contributed by atoms with Gasteiger partial charge in [0, 0.05) is 17.8 Å². The normalized spacial score (nSPS) is 12.2. The van der Waals surface area contributed by atoms with Gasteiger partial charge in [-0.3, -0.25) is 9.59 Å². The van der Waals surface area contributed by atoms with Crippen molar-refractivity contribution in [2.45, 2.75) is 41.0 Å². The van der Waals surface area contributed by atoms with E-state index in [0.29, 0.717) is 11.3 Å². The third-order valence-corrected chi connectivity index (χ3v) is 4.99. The van der Waals surface area contributed by atoms with E-state index in [0.717, 1.165) is 18.2 Å². The Balaban J connectivity index is 1.70. The summed E-state index contributed by atoms with van der Waals surface area (Å²) in [6, 6.07) is 7.39. The van der Waals surface area contributed by atoms with E-state index in [9.17, 15) is 14.0 Å². The number of carbonyl (C=O) groups is 2. The number of amides is 2. The minimum Gasteiger partial charge on any atom is -0.437 e. The zero-order chi connectivity index (χ0) is 24.9. The number of halogens is 1. The second-order valence-corrected chi connectivity index (χ2v) is 8.20. The maximum absolute atomic E-state index is 14.7. The van der Waals surface area contributed by atoms with Crippen LogP contribution < -0.4 is 15.4 Å². The summed E-state index contributed by atoms with van der Waals surface area (Å²) in [7, 11) is 0. The fourth-order valence-corrected chi connectivity index (χ4v) is 3.05. The van der Waals surface area contributed by atoms with Gasteiger partial charge in [-0.25, -0.2) is 13.9 Å². The van der Waals surface area contributed by atoms with Crippen molar-refractivity contribution in [1.82, 2.24) is 19.9 Å². The van der Waals surface area contributed by atoms with Crippen LogP contribution in [0.3, 0.4) is 0 Å². The first-order valence-electron chi connectivity index (χ1n) is 10.9. The van der Waals surface area contributed by atoms with Crippen molar-refractivity contribution in [1.29, 1.82) is 0 Å². The molecule has 0 aliphatic rings. The molecule has 0 saturated heterocycles. The number of fused-ring (bicyclic) bond motifs is 1. The van der Waals surface area contributed by atoms with Crippen molar-refractivity contribution < 1.29 is 18.7 Å². The molecule has 3 rings (SSSR count). The van der Waals surface area contributed by atoms with Crippen LogP contribution in [0, 0.1) is 18.2 Å². The third-order valence-electron chi connectivity index (χ3n) is 4.99. The number of ether oxygens (including phenoxy) is 1. The fourth-order valence-electron chi connectivity index (χ4n) is 3.05. The van der Waals surface area contributed by atoms with Crippen LogP contribution in [0.1, 0.15) is 39.8 Å². The summed E-state index contributed by atoms with van der Waals surface area (Å²) in [5.74, 6) is -1.38. The number of anilines is 1. The Morgan fingerprint density at radius 3 is 2.65 bits per heavy atom. The van der Waals surface area contributed by atoms with Crippen molar-refractivity contribution in [2.24, 2.45) is 5.41 Å². The van der Waals surface area contributed by atoms with Crippen LogP contribution in [0.25, 0.3) is 5.65 Å². The highest BCUT2D eigenvalue weighted by molar-refractivity contribution is 6.10. The average molecular weight is 466 g/mol. The Bertz CT molecular complexity index is 1280. The van der Waals surface area contributed by atoms with Gasteiger partial charge in [0.05, 0.1) is 17.6 Å². The Labute approximate surface area is 197 Å². The predicted octanol–water partition coefficient (Wildman–Crippen LogP) is 4.92. The maximum Gasteiger partial charge on any atom is 0.239 e. The summed E-state index contributed by atoms with van der Waals surface area (Å²) in [6.07, 6.45) is 7.84. The number of aromatic nitrogens is 3. The molecule has 0 aliphatic carbocycles. The smallest absolute Gasteiger partial charge is 0.239 e. The molecule has 0 radical (unpaired) electrons. The Morgan fingerprint density at radius 2 is 1.97 bits per heavy atom. The second-order valence-electron chi connectivity index (χ2n) is 8.20. The van der Waals surface area contributed by atoms with Gasteiger partial charge in [-0.05, 0) is 58.4 Å². The van der Waals surface area contributed by atoms with Crippen molar-refractivity contribution in [3.8, 4) is 11.6 Å². The molecule has 0 aliphatic heterocycles. The van der Waals surface area contributed by atoms with Gasteiger partial charge in [0.25, 0.3) is 0 Å². The van der Waals surface area contributed by atoms with E-state index in [1.807, 2.05) is 26.8 Å². The number of aryl methyl sites for hydroxylation is 1. The van der Waals surface area contributed by atoms with Gasteiger partial charge in [-0.2, -0.15) is 0 Å². The van der Waals surface area contributed by atoms with Crippen LogP contribution >= 0.6 is 0 Å². The van der Waals surface area contributed by atoms with E-state index in [1.165, 1.54) is 26.0 Å². The first-order valence-corrected chi connectivity index (χ1v) is 10.9. The zero-order valence-corrected chi connectivity index (χ0v) is 19.8. The van der Waals surface area contributed by atoms with Gasteiger partial charge in [0.2, 0.25) is 17.7 Å². The number of carbonyl (C=O) groups excluding carboxylic acids is 2. The van der Waals surface area contributed by atoms with Gasteiger partial charge in [-0.15, -0.1) is 5.10 Å². The minimum absolute atomic E-state index is 0.0651. The zero-order valence-electron chi connectivity index (χ0n) is 19.8. The maximum atomic E-state index is 14.7. The Hall–Kier alpha value is -4.01. The molecule has 2 heterocycles. The second kappa shape index (κ2) is 10.3. The van der Waals surface area contributed by atoms with Gasteiger partial charge >= 0.3 is 0 Å². The molecule has 0 fully saturated rings. The topological polar surface area (TPSA) is 97.6 Å². The lowest BCUT2D eigenvalue weighted by Crippen LogP contribution is -2.44. The first-order chi connectivity index (χ1) is 16.1. The number of benzene rings is 1. The van der Waals surface area contributed by atoms with Crippen LogP contribution in [-0.4, -0.2) is 26.4 Å². The van der Waals surface area contributed by atoms with Crippen LogP contribution in [0.4, 0.5) is 10.1 Å². The van der Waals surface area contributed by atoms with E-state index < -0.39 is 23.0 Å². The fraction of sp³-hybridized carbons (Fsp3) is 0.280. The van der Waals surface area contributed by atoms with E-state index in [2.05, 4.69) is 20.7 Å². The third kappa shape index (κ3) is 5.67. The number of nitrogens with one attached hydrogen (secondary N) is 2. The summed E-state index contributed by atoms with van der Waals surface area (Å²) in [5.41, 5.74) is 0.569. The molecular weight excluding hydrogens is 437 g/mol. The Morgan fingerprint density at radius 1 is 1.21 bits per heavy atom. The molecule has 0 saturated carbocycles. The minimum atomic E-state index is -1.45. The van der Waals surface area contributed by atoms with E-state index >= 15 is 0 Å². The molecule has 1 aromatic carbocycles. The molecule has 0 atom stereocenters. The SMILES string of the molecule is C/C=C\C(=C/CC)NC(=O)C(C)(C)C(=O)Nc1ccc(Oc2ccc3nc(C)cn3n2)cc1F. The van der Waals surface area contributed by atoms with Crippen LogP contribution in [-0.2, 0) is 9.59 Å². The van der Waals surface area contributed by atoms with Gasteiger partial charge in [0.1, 0.15) is 17.0 Å². The van der Waals surface area contributed by atoms with Gasteiger partial charge < -0.3 is 15.4 Å². The van der Waals surface area contributed by atoms with Crippen LogP contribution in [0.2, 0.25) is 0 Å². The average Bonchev–Trinajstić information content (AvgIpc) is 3.15. The van der Waals surface area contributed by atoms with Crippen molar-refractivity contribution in [3.63, 3.8) is 0 Å². The molecule has 8 nitrogen and oxygen atoms in total. The highest BCUT2D eigenvalue weighted by atomic mass is 19.1. The lowest BCUT2D eigenvalue weighted by atomic mass is 9.90. The lowest BCUT2D eigenvalue weighted by Gasteiger charge is -2.23. The molecule has 34 heavy (non-hydrogen) atoms. The highest BCUT2D eigenvalue weighted by Crippen LogP contribution is 2.27. The molecule has 2 N–H and O–H groups in total. The van der Waals surface area contributed by atoms with Crippen molar-refractivity contribution >= 4 is 23.1 Å². The highest BCUT2D eigenvalue weighted by Gasteiger charge is 2.36. The predicted molar refractivity (Wildman–Crippen MR) is 128 cm³/mol. The van der Waals surface area contributed by atoms with Crippen LogP contribution in [0.15, 0.2) is 60.5 Å². The molecule has 0 bridgehead atoms. The number of hydrogen-bond donors (Lipinski definition) is 2. The molecule has 2 aromatic heterocycles. The number of nitrogens with zero attached hydrogens (tertiary/aromatic N) is 3. The molecular formula is C25H28FN5O3. The van der Waals surface area contributed by atoms with E-state index in [-0.39, 0.29) is 17.3 Å². The van der Waals surface area contributed by atoms with E-state index in [1.54, 1.807) is 35.0 Å². The Kier molecular flexibility index (Phi) is 7.45. The van der Waals surface area contributed by atoms with Crippen LogP contribution in [0.5, 0.6) is 11.6 Å². The van der Waals surface area contributed by atoms with Gasteiger partial charge in [-0.1, -0.05) is 19.1 Å². The summed E-state index contributed by atoms with van der Waals surface area (Å²) in [6.45, 7) is 8.58. The number of rotatable bonds is 8. The standard InChI is InChI=1S/C25H28FN5O3/c1-6-8-17(9-7-2)28-23(32)25(4,5)24(33)29-20-11-10-18(14-19(20)26)34-22-13-12-21-27-16(3)15-31(21)30-22/h6,8-15H,7H2,1-5H3,(H,28,32)(H,29,33)/b8-6-,17-9+. The quantitative estimate of drug-likeness (QED) is 0.364. The number of imidazole rings is 1. The summed E-state index contributed by atoms with van der Waals surface area (Å²) in [5, 5.41) is 9.51. The van der Waals surface area contributed by atoms with Gasteiger partial charge in [0.15, 0.2) is 5.65 Å². The lowest BCUT2D eigenvalue weighted by molar-refractivity contribution is -0.137. The summed E-state index contributed by atoms with van der Waals surface area (Å²) < 4.78 is 21.9. The molecule has 0 spiro atoms. The molecule has 2 amide bonds. The summed E-state index contributed by atoms with van der Waals surface area (Å²) >= 11 is 0.